The Morgan fingerprint density at radius 3 is 2.68 bits per heavy atom. The predicted molar refractivity (Wildman–Crippen MR) is 84.0 cm³/mol. The molecule has 6 heteroatoms. The summed E-state index contributed by atoms with van der Waals surface area (Å²) in [4.78, 5) is 26.7. The number of hydrogen-bond acceptors (Lipinski definition) is 5. The molecule has 0 saturated carbocycles. The number of fused-ring (bicyclic) bond motifs is 1. The maximum Gasteiger partial charge on any atom is 0.273 e. The molecule has 0 unspecified atom stereocenters. The molecule has 110 valence electrons. The summed E-state index contributed by atoms with van der Waals surface area (Å²) < 4.78 is 0. The third kappa shape index (κ3) is 2.71. The van der Waals surface area contributed by atoms with Crippen molar-refractivity contribution in [1.82, 2.24) is 19.9 Å². The minimum atomic E-state index is -0.212. The van der Waals surface area contributed by atoms with Crippen molar-refractivity contribution in [2.24, 2.45) is 0 Å². The fourth-order valence-electron chi connectivity index (χ4n) is 2.24. The lowest BCUT2D eigenvalue weighted by atomic mass is 10.1. The monoisotopic (exact) mass is 293 g/mol. The molecule has 0 aliphatic rings. The lowest BCUT2D eigenvalue weighted by Gasteiger charge is -2.17. The van der Waals surface area contributed by atoms with E-state index in [4.69, 9.17) is 5.73 Å². The number of nitrogen functional groups attached to an aromatic ring is 1. The van der Waals surface area contributed by atoms with E-state index in [1.807, 2.05) is 42.5 Å². The minimum Gasteiger partial charge on any atom is -0.368 e. The van der Waals surface area contributed by atoms with Crippen molar-refractivity contribution in [2.75, 3.05) is 12.8 Å². The molecule has 3 aromatic rings. The number of benzene rings is 1. The molecule has 0 atom stereocenters. The standard InChI is InChI=1S/C16H15N5O/c1-21(10-11-6-4-5-9-18-11)15(22)14-12-7-2-3-8-13(12)19-16(17)20-14/h2-9H,10H2,1H3,(H2,17,19,20). The molecule has 0 fully saturated rings. The van der Waals surface area contributed by atoms with E-state index in [0.717, 1.165) is 5.69 Å². The van der Waals surface area contributed by atoms with Crippen molar-refractivity contribution in [1.29, 1.82) is 0 Å². The number of carbonyl (C=O) groups is 1. The first-order valence-corrected chi connectivity index (χ1v) is 6.83. The van der Waals surface area contributed by atoms with Gasteiger partial charge in [-0.15, -0.1) is 0 Å². The molecular formula is C16H15N5O. The zero-order chi connectivity index (χ0) is 15.5. The Morgan fingerprint density at radius 1 is 1.14 bits per heavy atom. The van der Waals surface area contributed by atoms with Crippen molar-refractivity contribution in [3.63, 3.8) is 0 Å². The SMILES string of the molecule is CN(Cc1ccccn1)C(=O)c1nc(N)nc2ccccc12. The second-order valence-electron chi connectivity index (χ2n) is 4.93. The first-order chi connectivity index (χ1) is 10.6. The van der Waals surface area contributed by atoms with Gasteiger partial charge in [0, 0.05) is 18.6 Å². The molecule has 0 radical (unpaired) electrons. The van der Waals surface area contributed by atoms with Crippen LogP contribution in [0, 0.1) is 0 Å². The molecule has 3 rings (SSSR count). The Labute approximate surface area is 127 Å². The van der Waals surface area contributed by atoms with Crippen LogP contribution in [0.4, 0.5) is 5.95 Å². The van der Waals surface area contributed by atoms with Gasteiger partial charge >= 0.3 is 0 Å². The van der Waals surface area contributed by atoms with Crippen molar-refractivity contribution in [3.8, 4) is 0 Å². The highest BCUT2D eigenvalue weighted by Gasteiger charge is 2.18. The van der Waals surface area contributed by atoms with Crippen molar-refractivity contribution >= 4 is 22.8 Å². The van der Waals surface area contributed by atoms with Gasteiger partial charge in [-0.05, 0) is 18.2 Å². The van der Waals surface area contributed by atoms with Crippen molar-refractivity contribution < 1.29 is 4.79 Å². The van der Waals surface area contributed by atoms with Crippen LogP contribution < -0.4 is 5.73 Å². The second kappa shape index (κ2) is 5.77. The molecule has 22 heavy (non-hydrogen) atoms. The number of rotatable bonds is 3. The van der Waals surface area contributed by atoms with Gasteiger partial charge < -0.3 is 10.6 Å². The fourth-order valence-corrected chi connectivity index (χ4v) is 2.24. The smallest absolute Gasteiger partial charge is 0.273 e. The zero-order valence-electron chi connectivity index (χ0n) is 12.1. The molecule has 2 heterocycles. The quantitative estimate of drug-likeness (QED) is 0.797. The molecule has 2 N–H and O–H groups in total. The molecule has 0 spiro atoms. The summed E-state index contributed by atoms with van der Waals surface area (Å²) in [5.41, 5.74) is 7.48. The largest absolute Gasteiger partial charge is 0.368 e. The van der Waals surface area contributed by atoms with Gasteiger partial charge in [-0.3, -0.25) is 9.78 Å². The summed E-state index contributed by atoms with van der Waals surface area (Å²) in [6.07, 6.45) is 1.70. The van der Waals surface area contributed by atoms with E-state index in [1.54, 1.807) is 18.1 Å². The summed E-state index contributed by atoms with van der Waals surface area (Å²) in [6.45, 7) is 0.401. The molecule has 2 aromatic heterocycles. The number of anilines is 1. The maximum absolute atomic E-state index is 12.7. The van der Waals surface area contributed by atoms with Gasteiger partial charge in [-0.1, -0.05) is 24.3 Å². The van der Waals surface area contributed by atoms with E-state index in [0.29, 0.717) is 23.1 Å². The van der Waals surface area contributed by atoms with Gasteiger partial charge in [0.25, 0.3) is 5.91 Å². The van der Waals surface area contributed by atoms with Gasteiger partial charge in [-0.25, -0.2) is 9.97 Å². The number of nitrogens with zero attached hydrogens (tertiary/aromatic N) is 4. The average Bonchev–Trinajstić information content (AvgIpc) is 2.54. The Hall–Kier alpha value is -3.02. The molecule has 1 aromatic carbocycles. The van der Waals surface area contributed by atoms with Crippen molar-refractivity contribution in [3.05, 3.63) is 60.0 Å². The maximum atomic E-state index is 12.7. The van der Waals surface area contributed by atoms with Crippen LogP contribution in [0.25, 0.3) is 10.9 Å². The van der Waals surface area contributed by atoms with Gasteiger partial charge in [0.2, 0.25) is 5.95 Å². The van der Waals surface area contributed by atoms with E-state index in [1.165, 1.54) is 0 Å². The highest BCUT2D eigenvalue weighted by Crippen LogP contribution is 2.18. The normalized spacial score (nSPS) is 10.6. The average molecular weight is 293 g/mol. The van der Waals surface area contributed by atoms with E-state index < -0.39 is 0 Å². The molecule has 0 aliphatic heterocycles. The zero-order valence-corrected chi connectivity index (χ0v) is 12.1. The number of hydrogen-bond donors (Lipinski definition) is 1. The molecule has 0 saturated heterocycles. The number of nitrogens with two attached hydrogens (primary N) is 1. The van der Waals surface area contributed by atoms with Crippen LogP contribution in [-0.4, -0.2) is 32.8 Å². The fraction of sp³-hybridized carbons (Fsp3) is 0.125. The first kappa shape index (κ1) is 13.9. The van der Waals surface area contributed by atoms with Gasteiger partial charge in [0.15, 0.2) is 0 Å². The molecule has 0 aliphatic carbocycles. The van der Waals surface area contributed by atoms with E-state index in [2.05, 4.69) is 15.0 Å². The third-order valence-electron chi connectivity index (χ3n) is 3.30. The Balaban J connectivity index is 1.95. The van der Waals surface area contributed by atoms with Gasteiger partial charge in [0.1, 0.15) is 5.69 Å². The highest BCUT2D eigenvalue weighted by atomic mass is 16.2. The van der Waals surface area contributed by atoms with Crippen molar-refractivity contribution in [2.45, 2.75) is 6.54 Å². The van der Waals surface area contributed by atoms with E-state index >= 15 is 0 Å². The van der Waals surface area contributed by atoms with Gasteiger partial charge in [0.05, 0.1) is 17.8 Å². The van der Waals surface area contributed by atoms with E-state index in [9.17, 15) is 4.79 Å². The topological polar surface area (TPSA) is 85.0 Å². The number of amides is 1. The first-order valence-electron chi connectivity index (χ1n) is 6.83. The number of carbonyl (C=O) groups excluding carboxylic acids is 1. The summed E-state index contributed by atoms with van der Waals surface area (Å²) >= 11 is 0. The van der Waals surface area contributed by atoms with Crippen LogP contribution in [0.15, 0.2) is 48.7 Å². The Bertz CT molecular complexity index is 819. The highest BCUT2D eigenvalue weighted by molar-refractivity contribution is 6.04. The van der Waals surface area contributed by atoms with Crippen LogP contribution in [0.1, 0.15) is 16.2 Å². The third-order valence-corrected chi connectivity index (χ3v) is 3.30. The predicted octanol–water partition coefficient (Wildman–Crippen LogP) is 1.88. The van der Waals surface area contributed by atoms with Crippen LogP contribution >= 0.6 is 0 Å². The second-order valence-corrected chi connectivity index (χ2v) is 4.93. The molecule has 1 amide bonds. The number of para-hydroxylation sites is 1. The van der Waals surface area contributed by atoms with E-state index in [-0.39, 0.29) is 11.9 Å². The van der Waals surface area contributed by atoms with Crippen LogP contribution in [0.2, 0.25) is 0 Å². The molecule has 6 nitrogen and oxygen atoms in total. The molecular weight excluding hydrogens is 278 g/mol. The summed E-state index contributed by atoms with van der Waals surface area (Å²) in [5.74, 6) is -0.121. The molecule has 0 bridgehead atoms. The van der Waals surface area contributed by atoms with Crippen LogP contribution in [-0.2, 0) is 6.54 Å². The number of aromatic nitrogens is 3. The lowest BCUT2D eigenvalue weighted by Crippen LogP contribution is -2.28. The Kier molecular flexibility index (Phi) is 3.65. The number of pyridine rings is 1. The Morgan fingerprint density at radius 2 is 1.91 bits per heavy atom. The summed E-state index contributed by atoms with van der Waals surface area (Å²) in [7, 11) is 1.71. The summed E-state index contributed by atoms with van der Waals surface area (Å²) in [6, 6.07) is 12.9. The van der Waals surface area contributed by atoms with Gasteiger partial charge in [-0.2, -0.15) is 0 Å². The van der Waals surface area contributed by atoms with Crippen LogP contribution in [0.5, 0.6) is 0 Å². The summed E-state index contributed by atoms with van der Waals surface area (Å²) in [5, 5.41) is 0.689. The lowest BCUT2D eigenvalue weighted by molar-refractivity contribution is 0.0780. The van der Waals surface area contributed by atoms with Crippen LogP contribution in [0.3, 0.4) is 0 Å². The minimum absolute atomic E-state index is 0.0910.